The molecular weight excluding hydrogens is 380 g/mol. The Balaban J connectivity index is 1.83. The Morgan fingerprint density at radius 2 is 1.97 bits per heavy atom. The van der Waals surface area contributed by atoms with E-state index in [9.17, 15) is 9.59 Å². The molecule has 162 valence electrons. The molecule has 1 aliphatic rings. The lowest BCUT2D eigenvalue weighted by atomic mass is 9.92. The number of aromatic nitrogens is 2. The summed E-state index contributed by atoms with van der Waals surface area (Å²) in [5.74, 6) is 0.449. The average molecular weight is 413 g/mol. The Hall–Kier alpha value is -2.67. The SMILES string of the molecule is COCCN(CC(=O)Nc1cc(C(C)(C)C)nn1-c1ccccc1C)C(=O)C1CC1. The van der Waals surface area contributed by atoms with Gasteiger partial charge in [0.1, 0.15) is 5.82 Å². The summed E-state index contributed by atoms with van der Waals surface area (Å²) < 4.78 is 6.89. The van der Waals surface area contributed by atoms with Crippen LogP contribution in [0.1, 0.15) is 44.9 Å². The molecule has 0 radical (unpaired) electrons. The Morgan fingerprint density at radius 3 is 2.57 bits per heavy atom. The van der Waals surface area contributed by atoms with E-state index in [0.717, 1.165) is 29.8 Å². The van der Waals surface area contributed by atoms with Crippen LogP contribution < -0.4 is 5.32 Å². The van der Waals surface area contributed by atoms with Gasteiger partial charge >= 0.3 is 0 Å². The van der Waals surface area contributed by atoms with Gasteiger partial charge in [0.2, 0.25) is 11.8 Å². The van der Waals surface area contributed by atoms with Gasteiger partial charge in [0, 0.05) is 31.1 Å². The largest absolute Gasteiger partial charge is 0.383 e. The molecule has 2 amide bonds. The molecule has 1 heterocycles. The summed E-state index contributed by atoms with van der Waals surface area (Å²) in [4.78, 5) is 27.0. The van der Waals surface area contributed by atoms with Crippen molar-refractivity contribution in [3.8, 4) is 5.69 Å². The number of nitrogens with zero attached hydrogens (tertiary/aromatic N) is 3. The maximum atomic E-state index is 12.9. The highest BCUT2D eigenvalue weighted by Gasteiger charge is 2.34. The number of anilines is 1. The molecule has 7 nitrogen and oxygen atoms in total. The molecule has 0 unspecified atom stereocenters. The number of benzene rings is 1. The number of rotatable bonds is 8. The maximum absolute atomic E-state index is 12.9. The number of carbonyl (C=O) groups is 2. The lowest BCUT2D eigenvalue weighted by Crippen LogP contribution is -2.41. The molecule has 3 rings (SSSR count). The number of hydrogen-bond acceptors (Lipinski definition) is 4. The minimum atomic E-state index is -0.240. The Labute approximate surface area is 178 Å². The summed E-state index contributed by atoms with van der Waals surface area (Å²) in [5.41, 5.74) is 2.68. The van der Waals surface area contributed by atoms with E-state index < -0.39 is 0 Å². The Morgan fingerprint density at radius 1 is 1.27 bits per heavy atom. The molecule has 7 heteroatoms. The topological polar surface area (TPSA) is 76.5 Å². The van der Waals surface area contributed by atoms with Crippen LogP contribution in [0.3, 0.4) is 0 Å². The van der Waals surface area contributed by atoms with Gasteiger partial charge in [0.05, 0.1) is 24.5 Å². The van der Waals surface area contributed by atoms with E-state index in [1.165, 1.54) is 0 Å². The molecule has 2 aromatic rings. The molecule has 0 spiro atoms. The fourth-order valence-electron chi connectivity index (χ4n) is 3.23. The lowest BCUT2D eigenvalue weighted by molar-refractivity contribution is -0.136. The third kappa shape index (κ3) is 5.27. The molecule has 1 aliphatic carbocycles. The van der Waals surface area contributed by atoms with Crippen LogP contribution in [-0.4, -0.2) is 53.3 Å². The minimum Gasteiger partial charge on any atom is -0.383 e. The van der Waals surface area contributed by atoms with Crippen molar-refractivity contribution in [3.63, 3.8) is 0 Å². The first-order valence-corrected chi connectivity index (χ1v) is 10.4. The summed E-state index contributed by atoms with van der Waals surface area (Å²) in [6, 6.07) is 9.83. The van der Waals surface area contributed by atoms with Crippen LogP contribution in [0.2, 0.25) is 0 Å². The summed E-state index contributed by atoms with van der Waals surface area (Å²) in [7, 11) is 1.59. The molecule has 0 atom stereocenters. The number of para-hydroxylation sites is 1. The molecule has 30 heavy (non-hydrogen) atoms. The van der Waals surface area contributed by atoms with Crippen molar-refractivity contribution in [3.05, 3.63) is 41.6 Å². The molecule has 0 saturated heterocycles. The van der Waals surface area contributed by atoms with Gasteiger partial charge in [-0.25, -0.2) is 4.68 Å². The van der Waals surface area contributed by atoms with Crippen LogP contribution in [-0.2, 0) is 19.7 Å². The molecule has 1 fully saturated rings. The number of nitrogens with one attached hydrogen (secondary N) is 1. The Kier molecular flexibility index (Phi) is 6.61. The zero-order chi connectivity index (χ0) is 21.9. The van der Waals surface area contributed by atoms with E-state index in [1.54, 1.807) is 16.7 Å². The number of methoxy groups -OCH3 is 1. The predicted octanol–water partition coefficient (Wildman–Crippen LogP) is 3.30. The van der Waals surface area contributed by atoms with Crippen LogP contribution in [0.25, 0.3) is 5.69 Å². The van der Waals surface area contributed by atoms with E-state index >= 15 is 0 Å². The van der Waals surface area contributed by atoms with Crippen LogP contribution >= 0.6 is 0 Å². The van der Waals surface area contributed by atoms with Crippen molar-refractivity contribution >= 4 is 17.6 Å². The first kappa shape index (κ1) is 22.0. The van der Waals surface area contributed by atoms with Gasteiger partial charge in [0.15, 0.2) is 0 Å². The average Bonchev–Trinajstić information content (AvgIpc) is 3.45. The molecule has 1 saturated carbocycles. The number of amides is 2. The van der Waals surface area contributed by atoms with Gasteiger partial charge in [-0.3, -0.25) is 9.59 Å². The summed E-state index contributed by atoms with van der Waals surface area (Å²) in [5, 5.41) is 7.75. The second kappa shape index (κ2) is 9.00. The van der Waals surface area contributed by atoms with Crippen molar-refractivity contribution in [2.45, 2.75) is 46.0 Å². The van der Waals surface area contributed by atoms with Crippen LogP contribution in [0.5, 0.6) is 0 Å². The van der Waals surface area contributed by atoms with Crippen LogP contribution in [0, 0.1) is 12.8 Å². The number of ether oxygens (including phenoxy) is 1. The first-order valence-electron chi connectivity index (χ1n) is 10.4. The lowest BCUT2D eigenvalue weighted by Gasteiger charge is -2.22. The number of hydrogen-bond donors (Lipinski definition) is 1. The van der Waals surface area contributed by atoms with Crippen LogP contribution in [0.15, 0.2) is 30.3 Å². The van der Waals surface area contributed by atoms with E-state index in [4.69, 9.17) is 9.84 Å². The van der Waals surface area contributed by atoms with Gasteiger partial charge in [-0.15, -0.1) is 0 Å². The monoisotopic (exact) mass is 412 g/mol. The van der Waals surface area contributed by atoms with E-state index in [1.807, 2.05) is 37.3 Å². The van der Waals surface area contributed by atoms with E-state index in [2.05, 4.69) is 26.1 Å². The van der Waals surface area contributed by atoms with Crippen LogP contribution in [0.4, 0.5) is 5.82 Å². The summed E-state index contributed by atoms with van der Waals surface area (Å²) in [6.07, 6.45) is 1.80. The molecule has 1 aromatic heterocycles. The number of carbonyl (C=O) groups excluding carboxylic acids is 2. The predicted molar refractivity (Wildman–Crippen MR) is 117 cm³/mol. The third-order valence-electron chi connectivity index (χ3n) is 5.23. The second-order valence-corrected chi connectivity index (χ2v) is 8.94. The van der Waals surface area contributed by atoms with E-state index in [0.29, 0.717) is 19.0 Å². The summed E-state index contributed by atoms with van der Waals surface area (Å²) in [6.45, 7) is 9.09. The van der Waals surface area contributed by atoms with Gasteiger partial charge in [-0.05, 0) is 31.4 Å². The van der Waals surface area contributed by atoms with Gasteiger partial charge < -0.3 is 15.0 Å². The van der Waals surface area contributed by atoms with Gasteiger partial charge in [-0.2, -0.15) is 5.10 Å². The van der Waals surface area contributed by atoms with Gasteiger partial charge in [-0.1, -0.05) is 39.0 Å². The third-order valence-corrected chi connectivity index (χ3v) is 5.23. The maximum Gasteiger partial charge on any atom is 0.245 e. The molecule has 0 aliphatic heterocycles. The minimum absolute atomic E-state index is 0.00248. The van der Waals surface area contributed by atoms with Crippen molar-refractivity contribution in [1.29, 1.82) is 0 Å². The van der Waals surface area contributed by atoms with Crippen molar-refractivity contribution in [1.82, 2.24) is 14.7 Å². The fraction of sp³-hybridized carbons (Fsp3) is 0.522. The summed E-state index contributed by atoms with van der Waals surface area (Å²) >= 11 is 0. The van der Waals surface area contributed by atoms with E-state index in [-0.39, 0.29) is 29.7 Å². The smallest absolute Gasteiger partial charge is 0.245 e. The standard InChI is InChI=1S/C23H32N4O3/c1-16-8-6-7-9-18(16)27-20(14-19(25-27)23(2,3)4)24-21(28)15-26(12-13-30-5)22(29)17-10-11-17/h6-9,14,17H,10-13,15H2,1-5H3,(H,24,28). The highest BCUT2D eigenvalue weighted by atomic mass is 16.5. The normalized spacial score (nSPS) is 13.9. The zero-order valence-corrected chi connectivity index (χ0v) is 18.6. The zero-order valence-electron chi connectivity index (χ0n) is 18.6. The molecule has 1 N–H and O–H groups in total. The Bertz CT molecular complexity index is 909. The molecule has 1 aromatic carbocycles. The number of aryl methyl sites for hydroxylation is 1. The van der Waals surface area contributed by atoms with Crippen molar-refractivity contribution in [2.75, 3.05) is 32.1 Å². The second-order valence-electron chi connectivity index (χ2n) is 8.94. The van der Waals surface area contributed by atoms with Crippen molar-refractivity contribution < 1.29 is 14.3 Å². The first-order chi connectivity index (χ1) is 14.2. The highest BCUT2D eigenvalue weighted by molar-refractivity contribution is 5.94. The van der Waals surface area contributed by atoms with Gasteiger partial charge in [0.25, 0.3) is 0 Å². The molecular formula is C23H32N4O3. The molecule has 0 bridgehead atoms. The van der Waals surface area contributed by atoms with Crippen molar-refractivity contribution in [2.24, 2.45) is 5.92 Å². The fourth-order valence-corrected chi connectivity index (χ4v) is 3.23. The highest BCUT2D eigenvalue weighted by Crippen LogP contribution is 2.31. The quantitative estimate of drug-likeness (QED) is 0.722.